The number of hydrogen-bond donors (Lipinski definition) is 2. The topological polar surface area (TPSA) is 102 Å². The first-order chi connectivity index (χ1) is 11.6. The van der Waals surface area contributed by atoms with Gasteiger partial charge in [-0.05, 0) is 43.1 Å². The van der Waals surface area contributed by atoms with Crippen LogP contribution in [-0.4, -0.2) is 52.5 Å². The monoisotopic (exact) mass is 371 g/mol. The highest BCUT2D eigenvalue weighted by Crippen LogP contribution is 2.16. The zero-order chi connectivity index (χ0) is 19.1. The second kappa shape index (κ2) is 9.17. The van der Waals surface area contributed by atoms with Crippen LogP contribution in [0.4, 0.5) is 0 Å². The van der Waals surface area contributed by atoms with Gasteiger partial charge in [-0.15, -0.1) is 0 Å². The van der Waals surface area contributed by atoms with E-state index in [2.05, 4.69) is 4.72 Å². The van der Waals surface area contributed by atoms with Crippen molar-refractivity contribution in [1.29, 1.82) is 0 Å². The number of rotatable bonds is 10. The molecule has 1 aromatic carbocycles. The molecule has 7 nitrogen and oxygen atoms in total. The summed E-state index contributed by atoms with van der Waals surface area (Å²) in [6, 6.07) is 6.16. The maximum Gasteiger partial charge on any atom is 0.240 e. The lowest BCUT2D eigenvalue weighted by Crippen LogP contribution is -2.40. The molecule has 0 radical (unpaired) electrons. The van der Waals surface area contributed by atoms with Crippen LogP contribution in [0.15, 0.2) is 29.2 Å². The van der Waals surface area contributed by atoms with Crippen LogP contribution in [0.5, 0.6) is 5.75 Å². The van der Waals surface area contributed by atoms with Gasteiger partial charge in [0.05, 0.1) is 11.5 Å². The number of hydrogen-bond acceptors (Lipinski definition) is 5. The van der Waals surface area contributed by atoms with E-state index >= 15 is 0 Å². The summed E-state index contributed by atoms with van der Waals surface area (Å²) in [5, 5.41) is 0. The van der Waals surface area contributed by atoms with Gasteiger partial charge in [-0.3, -0.25) is 4.79 Å². The van der Waals surface area contributed by atoms with E-state index in [9.17, 15) is 13.2 Å². The molecule has 1 aromatic rings. The van der Waals surface area contributed by atoms with Gasteiger partial charge in [0.25, 0.3) is 0 Å². The Hall–Kier alpha value is -1.64. The fraction of sp³-hybridized carbons (Fsp3) is 0.588. The Morgan fingerprint density at radius 3 is 2.40 bits per heavy atom. The molecule has 0 saturated heterocycles. The predicted molar refractivity (Wildman–Crippen MR) is 97.9 cm³/mol. The summed E-state index contributed by atoms with van der Waals surface area (Å²) < 4.78 is 32.2. The van der Waals surface area contributed by atoms with Gasteiger partial charge >= 0.3 is 0 Å². The van der Waals surface area contributed by atoms with E-state index in [1.54, 1.807) is 24.1 Å². The summed E-state index contributed by atoms with van der Waals surface area (Å²) in [6.45, 7) is 7.36. The van der Waals surface area contributed by atoms with Crippen LogP contribution in [0.3, 0.4) is 0 Å². The minimum absolute atomic E-state index is 0.0434. The quantitative estimate of drug-likeness (QED) is 0.643. The van der Waals surface area contributed by atoms with Crippen LogP contribution in [0.1, 0.15) is 27.2 Å². The highest BCUT2D eigenvalue weighted by atomic mass is 32.2. The number of carbonyl (C=O) groups excluding carboxylic acids is 1. The molecule has 0 aliphatic rings. The van der Waals surface area contributed by atoms with E-state index in [-0.39, 0.29) is 29.2 Å². The molecule has 0 atom stereocenters. The third-order valence-electron chi connectivity index (χ3n) is 3.72. The molecule has 0 aliphatic carbocycles. The number of ether oxygens (including phenoxy) is 1. The van der Waals surface area contributed by atoms with Crippen molar-refractivity contribution < 1.29 is 17.9 Å². The largest absolute Gasteiger partial charge is 0.494 e. The van der Waals surface area contributed by atoms with Crippen molar-refractivity contribution in [1.82, 2.24) is 9.62 Å². The Morgan fingerprint density at radius 1 is 1.28 bits per heavy atom. The van der Waals surface area contributed by atoms with E-state index in [0.717, 1.165) is 0 Å². The molecule has 0 spiro atoms. The first kappa shape index (κ1) is 21.4. The minimum Gasteiger partial charge on any atom is -0.494 e. The Balaban J connectivity index is 2.54. The summed E-state index contributed by atoms with van der Waals surface area (Å²) in [5.74, 6) is 0.483. The first-order valence-electron chi connectivity index (χ1n) is 8.28. The molecule has 1 amide bonds. The summed E-state index contributed by atoms with van der Waals surface area (Å²) in [5.41, 5.74) is 5.49. The van der Waals surface area contributed by atoms with Gasteiger partial charge in [0.15, 0.2) is 0 Å². The maximum atomic E-state index is 12.2. The lowest BCUT2D eigenvalue weighted by Gasteiger charge is -2.29. The number of amides is 1. The Kier molecular flexibility index (Phi) is 7.85. The molecular formula is C17H29N3O4S. The molecule has 1 rings (SSSR count). The summed E-state index contributed by atoms with van der Waals surface area (Å²) in [4.78, 5) is 13.8. The minimum atomic E-state index is -3.65. The Labute approximate surface area is 150 Å². The van der Waals surface area contributed by atoms with Crippen LogP contribution < -0.4 is 15.2 Å². The number of benzene rings is 1. The number of nitrogens with two attached hydrogens (primary N) is 1. The Morgan fingerprint density at radius 2 is 1.88 bits per heavy atom. The van der Waals surface area contributed by atoms with Crippen molar-refractivity contribution in [3.05, 3.63) is 24.3 Å². The van der Waals surface area contributed by atoms with E-state index in [1.165, 1.54) is 12.1 Å². The molecular weight excluding hydrogens is 342 g/mol. The summed E-state index contributed by atoms with van der Waals surface area (Å²) >= 11 is 0. The molecule has 8 heteroatoms. The fourth-order valence-corrected chi connectivity index (χ4v) is 3.27. The number of carbonyl (C=O) groups is 1. The lowest BCUT2D eigenvalue weighted by atomic mass is 9.93. The van der Waals surface area contributed by atoms with E-state index in [1.807, 2.05) is 20.8 Å². The van der Waals surface area contributed by atoms with Crippen molar-refractivity contribution in [3.63, 3.8) is 0 Å². The maximum absolute atomic E-state index is 12.2. The van der Waals surface area contributed by atoms with Crippen LogP contribution in [-0.2, 0) is 14.8 Å². The third-order valence-corrected chi connectivity index (χ3v) is 5.20. The normalized spacial score (nSPS) is 12.0. The second-order valence-electron chi connectivity index (χ2n) is 6.67. The number of nitrogens with one attached hydrogen (secondary N) is 1. The van der Waals surface area contributed by atoms with Crippen LogP contribution >= 0.6 is 0 Å². The fourth-order valence-electron chi connectivity index (χ4n) is 2.24. The molecule has 25 heavy (non-hydrogen) atoms. The van der Waals surface area contributed by atoms with Crippen molar-refractivity contribution >= 4 is 15.9 Å². The molecule has 0 heterocycles. The van der Waals surface area contributed by atoms with Gasteiger partial charge in [0.1, 0.15) is 5.75 Å². The molecule has 0 fully saturated rings. The average molecular weight is 372 g/mol. The van der Waals surface area contributed by atoms with Crippen LogP contribution in [0.25, 0.3) is 0 Å². The number of sulfonamides is 1. The number of nitrogens with zero attached hydrogens (tertiary/aromatic N) is 1. The van der Waals surface area contributed by atoms with E-state index in [0.29, 0.717) is 25.4 Å². The summed E-state index contributed by atoms with van der Waals surface area (Å²) in [6.07, 6.45) is 0.0907. The van der Waals surface area contributed by atoms with Crippen molar-refractivity contribution in [2.24, 2.45) is 11.1 Å². The van der Waals surface area contributed by atoms with Gasteiger partial charge in [0, 0.05) is 26.6 Å². The summed E-state index contributed by atoms with van der Waals surface area (Å²) in [7, 11) is -1.95. The highest BCUT2D eigenvalue weighted by molar-refractivity contribution is 7.89. The van der Waals surface area contributed by atoms with Crippen LogP contribution in [0, 0.1) is 5.41 Å². The van der Waals surface area contributed by atoms with Gasteiger partial charge < -0.3 is 15.4 Å². The molecule has 3 N–H and O–H groups in total. The van der Waals surface area contributed by atoms with E-state index < -0.39 is 10.0 Å². The zero-order valence-corrected chi connectivity index (χ0v) is 16.2. The SMILES string of the molecule is CCOc1ccc(S(=O)(=O)NCCC(=O)N(C)CC(C)(C)CN)cc1. The lowest BCUT2D eigenvalue weighted by molar-refractivity contribution is -0.130. The van der Waals surface area contributed by atoms with Gasteiger partial charge in [-0.2, -0.15) is 0 Å². The molecule has 0 bridgehead atoms. The molecule has 0 saturated carbocycles. The van der Waals surface area contributed by atoms with E-state index in [4.69, 9.17) is 10.5 Å². The van der Waals surface area contributed by atoms with Gasteiger partial charge in [-0.25, -0.2) is 13.1 Å². The third kappa shape index (κ3) is 7.01. The molecule has 142 valence electrons. The zero-order valence-electron chi connectivity index (χ0n) is 15.4. The van der Waals surface area contributed by atoms with Crippen molar-refractivity contribution in [2.45, 2.75) is 32.1 Å². The van der Waals surface area contributed by atoms with Crippen molar-refractivity contribution in [2.75, 3.05) is 33.3 Å². The highest BCUT2D eigenvalue weighted by Gasteiger charge is 2.21. The van der Waals surface area contributed by atoms with Gasteiger partial charge in [0.2, 0.25) is 15.9 Å². The smallest absolute Gasteiger partial charge is 0.240 e. The standard InChI is InChI=1S/C17H29N3O4S/c1-5-24-14-6-8-15(9-7-14)25(22,23)19-11-10-16(21)20(4)13-17(2,3)12-18/h6-9,19H,5,10-13,18H2,1-4H3. The van der Waals surface area contributed by atoms with Gasteiger partial charge in [-0.1, -0.05) is 13.8 Å². The van der Waals surface area contributed by atoms with Crippen molar-refractivity contribution in [3.8, 4) is 5.75 Å². The molecule has 0 aliphatic heterocycles. The average Bonchev–Trinajstić information content (AvgIpc) is 2.55. The first-order valence-corrected chi connectivity index (χ1v) is 9.76. The van der Waals surface area contributed by atoms with Crippen LogP contribution in [0.2, 0.25) is 0 Å². The molecule has 0 aromatic heterocycles. The molecule has 0 unspecified atom stereocenters. The predicted octanol–water partition coefficient (Wildman–Crippen LogP) is 1.20. The Bertz CT molecular complexity index is 657. The second-order valence-corrected chi connectivity index (χ2v) is 8.44.